The Morgan fingerprint density at radius 2 is 1.96 bits per heavy atom. The molecule has 2 heterocycles. The highest BCUT2D eigenvalue weighted by Crippen LogP contribution is 2.38. The number of aromatic amines is 1. The van der Waals surface area contributed by atoms with E-state index in [-0.39, 0.29) is 17.3 Å². The molecule has 1 unspecified atom stereocenters. The maximum Gasteiger partial charge on any atom is 0.247 e. The van der Waals surface area contributed by atoms with E-state index < -0.39 is 0 Å². The van der Waals surface area contributed by atoms with Gasteiger partial charge in [0.2, 0.25) is 5.56 Å². The average Bonchev–Trinajstić information content (AvgIpc) is 2.62. The molecule has 1 aliphatic heterocycles. The number of carbonyl (C=O) groups excluding carboxylic acids is 1. The van der Waals surface area contributed by atoms with E-state index in [1.165, 1.54) is 12.3 Å². The van der Waals surface area contributed by atoms with Crippen LogP contribution in [-0.4, -0.2) is 35.8 Å². The monoisotopic (exact) mass is 358 g/mol. The van der Waals surface area contributed by atoms with Gasteiger partial charge in [-0.25, -0.2) is 0 Å². The van der Waals surface area contributed by atoms with Crippen LogP contribution in [0.2, 0.25) is 5.02 Å². The number of Topliss-reactive ketones (excluding diaryl/α,β-unsaturated/α-hetero) is 1. The van der Waals surface area contributed by atoms with Crippen LogP contribution in [-0.2, 0) is 0 Å². The third-order valence-corrected chi connectivity index (χ3v) is 5.49. The Morgan fingerprint density at radius 1 is 1.24 bits per heavy atom. The Labute approximate surface area is 152 Å². The maximum absolute atomic E-state index is 12.8. The fourth-order valence-electron chi connectivity index (χ4n) is 3.64. The summed E-state index contributed by atoms with van der Waals surface area (Å²) in [6.07, 6.45) is 4.03. The number of H-pyrrole nitrogens is 1. The summed E-state index contributed by atoms with van der Waals surface area (Å²) in [5, 5.41) is 0.723. The summed E-state index contributed by atoms with van der Waals surface area (Å²) in [4.78, 5) is 28.9. The minimum absolute atomic E-state index is 0.0418. The molecule has 0 bridgehead atoms. The van der Waals surface area contributed by atoms with Crippen LogP contribution in [0.4, 0.5) is 0 Å². The van der Waals surface area contributed by atoms with Gasteiger partial charge in [0.25, 0.3) is 0 Å². The van der Waals surface area contributed by atoms with Crippen LogP contribution in [0, 0.1) is 5.92 Å². The molecule has 1 aliphatic rings. The van der Waals surface area contributed by atoms with Crippen molar-refractivity contribution in [2.24, 2.45) is 5.92 Å². The largest absolute Gasteiger partial charge is 0.328 e. The molecule has 1 aromatic carbocycles. The fourth-order valence-corrected chi connectivity index (χ4v) is 3.91. The van der Waals surface area contributed by atoms with Crippen molar-refractivity contribution in [1.82, 2.24) is 9.88 Å². The van der Waals surface area contributed by atoms with Gasteiger partial charge in [-0.05, 0) is 62.5 Å². The van der Waals surface area contributed by atoms with E-state index in [1.807, 2.05) is 24.3 Å². The highest BCUT2D eigenvalue weighted by atomic mass is 35.5. The van der Waals surface area contributed by atoms with Gasteiger partial charge in [0, 0.05) is 29.3 Å². The lowest BCUT2D eigenvalue weighted by Crippen LogP contribution is -2.33. The van der Waals surface area contributed by atoms with Crippen LogP contribution in [0.1, 0.15) is 41.1 Å². The van der Waals surface area contributed by atoms with E-state index in [4.69, 9.17) is 11.6 Å². The Morgan fingerprint density at radius 3 is 2.60 bits per heavy atom. The molecule has 0 saturated carbocycles. The van der Waals surface area contributed by atoms with E-state index in [0.29, 0.717) is 17.9 Å². The number of aromatic nitrogens is 1. The molecule has 1 fully saturated rings. The van der Waals surface area contributed by atoms with Crippen molar-refractivity contribution in [3.63, 3.8) is 0 Å². The number of nitrogens with zero attached hydrogens (tertiary/aromatic N) is 1. The van der Waals surface area contributed by atoms with Crippen molar-refractivity contribution in [3.8, 4) is 0 Å². The van der Waals surface area contributed by atoms with Gasteiger partial charge in [0.1, 0.15) is 0 Å². The lowest BCUT2D eigenvalue weighted by atomic mass is 9.77. The molecule has 1 aromatic heterocycles. The number of nitrogens with one attached hydrogen (secondary N) is 1. The van der Waals surface area contributed by atoms with E-state index in [9.17, 15) is 9.59 Å². The number of piperidine rings is 1. The van der Waals surface area contributed by atoms with Crippen molar-refractivity contribution in [2.45, 2.75) is 25.2 Å². The number of halogens is 1. The van der Waals surface area contributed by atoms with Gasteiger partial charge in [-0.2, -0.15) is 0 Å². The Hall–Kier alpha value is -1.91. The summed E-state index contributed by atoms with van der Waals surface area (Å²) in [5.74, 6) is 0.574. The predicted molar refractivity (Wildman–Crippen MR) is 100 cm³/mol. The minimum atomic E-state index is -0.200. The van der Waals surface area contributed by atoms with Crippen molar-refractivity contribution < 1.29 is 4.79 Å². The molecule has 0 radical (unpaired) electrons. The lowest BCUT2D eigenvalue weighted by Gasteiger charge is -2.34. The second-order valence-electron chi connectivity index (χ2n) is 6.84. The van der Waals surface area contributed by atoms with Gasteiger partial charge >= 0.3 is 0 Å². The fraction of sp³-hybridized carbons (Fsp3) is 0.400. The zero-order valence-corrected chi connectivity index (χ0v) is 15.1. The van der Waals surface area contributed by atoms with E-state index >= 15 is 0 Å². The van der Waals surface area contributed by atoms with Gasteiger partial charge < -0.3 is 9.88 Å². The van der Waals surface area contributed by atoms with Gasteiger partial charge in [-0.1, -0.05) is 29.8 Å². The minimum Gasteiger partial charge on any atom is -0.328 e. The van der Waals surface area contributed by atoms with Crippen molar-refractivity contribution in [1.29, 1.82) is 0 Å². The van der Waals surface area contributed by atoms with Crippen molar-refractivity contribution in [3.05, 3.63) is 69.1 Å². The summed E-state index contributed by atoms with van der Waals surface area (Å²) < 4.78 is 0. The Balaban J connectivity index is 1.86. The standard InChI is InChI=1S/C20H23ClN2O2/c1-23-10-8-14(9-11-23)17(16-4-2-3-5-18(16)21)12-19(24)15-6-7-20(25)22-13-15/h2-7,13-14,17H,8-12H2,1H3,(H,22,25). The summed E-state index contributed by atoms with van der Waals surface area (Å²) in [5.41, 5.74) is 1.40. The van der Waals surface area contributed by atoms with Gasteiger partial charge in [0.05, 0.1) is 0 Å². The molecule has 0 spiro atoms. The first-order chi connectivity index (χ1) is 12.0. The number of hydrogen-bond donors (Lipinski definition) is 1. The smallest absolute Gasteiger partial charge is 0.247 e. The summed E-state index contributed by atoms with van der Waals surface area (Å²) in [6.45, 7) is 2.08. The zero-order chi connectivity index (χ0) is 17.8. The SMILES string of the molecule is CN1CCC(C(CC(=O)c2ccc(=O)[nH]c2)c2ccccc2Cl)CC1. The molecule has 1 saturated heterocycles. The third kappa shape index (κ3) is 4.39. The molecule has 2 aromatic rings. The maximum atomic E-state index is 12.8. The molecule has 1 N–H and O–H groups in total. The van der Waals surface area contributed by atoms with Crippen LogP contribution in [0.15, 0.2) is 47.4 Å². The van der Waals surface area contributed by atoms with E-state index in [0.717, 1.165) is 36.5 Å². The van der Waals surface area contributed by atoms with E-state index in [2.05, 4.69) is 16.9 Å². The Bertz CT molecular complexity index is 774. The molecule has 0 aliphatic carbocycles. The molecule has 132 valence electrons. The first-order valence-electron chi connectivity index (χ1n) is 8.69. The second-order valence-corrected chi connectivity index (χ2v) is 7.24. The molecule has 5 heteroatoms. The van der Waals surface area contributed by atoms with Gasteiger partial charge in [-0.3, -0.25) is 9.59 Å². The van der Waals surface area contributed by atoms with E-state index in [1.54, 1.807) is 6.07 Å². The topological polar surface area (TPSA) is 53.2 Å². The summed E-state index contributed by atoms with van der Waals surface area (Å²) in [6, 6.07) is 10.8. The Kier molecular flexibility index (Phi) is 5.71. The number of ketones is 1. The first kappa shape index (κ1) is 17.9. The van der Waals surface area contributed by atoms with Gasteiger partial charge in [-0.15, -0.1) is 0 Å². The van der Waals surface area contributed by atoms with Crippen LogP contribution < -0.4 is 5.56 Å². The molecule has 3 rings (SSSR count). The molecular formula is C20H23ClN2O2. The summed E-state index contributed by atoms with van der Waals surface area (Å²) >= 11 is 6.45. The first-order valence-corrected chi connectivity index (χ1v) is 9.07. The number of benzene rings is 1. The zero-order valence-electron chi connectivity index (χ0n) is 14.4. The van der Waals surface area contributed by atoms with Crippen LogP contribution in [0.25, 0.3) is 0 Å². The molecular weight excluding hydrogens is 336 g/mol. The van der Waals surface area contributed by atoms with Crippen molar-refractivity contribution in [2.75, 3.05) is 20.1 Å². The highest BCUT2D eigenvalue weighted by molar-refractivity contribution is 6.31. The third-order valence-electron chi connectivity index (χ3n) is 5.15. The highest BCUT2D eigenvalue weighted by Gasteiger charge is 2.30. The molecule has 25 heavy (non-hydrogen) atoms. The van der Waals surface area contributed by atoms with Crippen LogP contribution in [0.3, 0.4) is 0 Å². The quantitative estimate of drug-likeness (QED) is 0.828. The van der Waals surface area contributed by atoms with Crippen molar-refractivity contribution >= 4 is 17.4 Å². The number of carbonyl (C=O) groups is 1. The number of likely N-dealkylation sites (tertiary alicyclic amines) is 1. The number of pyridine rings is 1. The lowest BCUT2D eigenvalue weighted by molar-refractivity contribution is 0.0950. The molecule has 4 nitrogen and oxygen atoms in total. The second kappa shape index (κ2) is 7.98. The predicted octanol–water partition coefficient (Wildman–Crippen LogP) is 3.73. The normalized spacial score (nSPS) is 17.4. The number of hydrogen-bond acceptors (Lipinski definition) is 3. The summed E-state index contributed by atoms with van der Waals surface area (Å²) in [7, 11) is 2.13. The molecule has 1 atom stereocenters. The molecule has 0 amide bonds. The van der Waals surface area contributed by atoms with Crippen LogP contribution in [0.5, 0.6) is 0 Å². The number of rotatable bonds is 5. The van der Waals surface area contributed by atoms with Gasteiger partial charge in [0.15, 0.2) is 5.78 Å². The average molecular weight is 359 g/mol. The van der Waals surface area contributed by atoms with Crippen LogP contribution >= 0.6 is 11.6 Å².